The molecule has 2 aromatic carbocycles. The van der Waals surface area contributed by atoms with Crippen LogP contribution < -0.4 is 0 Å². The van der Waals surface area contributed by atoms with Crippen LogP contribution in [0.1, 0.15) is 40.8 Å². The topological polar surface area (TPSA) is 68.0 Å². The molecule has 2 aromatic heterocycles. The number of aromatic nitrogens is 3. The maximum Gasteiger partial charge on any atom is 0.186 e. The third kappa shape index (κ3) is 4.31. The van der Waals surface area contributed by atoms with Crippen LogP contribution in [0.5, 0.6) is 0 Å². The zero-order valence-corrected chi connectivity index (χ0v) is 19.2. The molecule has 0 aliphatic heterocycles. The highest BCUT2D eigenvalue weighted by molar-refractivity contribution is 7.79. The van der Waals surface area contributed by atoms with Gasteiger partial charge in [-0.05, 0) is 80.6 Å². The first-order valence-electron chi connectivity index (χ1n) is 10.5. The molecule has 31 heavy (non-hydrogen) atoms. The van der Waals surface area contributed by atoms with Gasteiger partial charge in [-0.15, -0.1) is 0 Å². The molecule has 1 N–H and O–H groups in total. The van der Waals surface area contributed by atoms with E-state index in [1.54, 1.807) is 6.07 Å². The van der Waals surface area contributed by atoms with E-state index >= 15 is 0 Å². The lowest BCUT2D eigenvalue weighted by molar-refractivity contribution is 0.564. The van der Waals surface area contributed by atoms with E-state index in [4.69, 9.17) is 4.98 Å². The Morgan fingerprint density at radius 2 is 1.71 bits per heavy atom. The zero-order valence-electron chi connectivity index (χ0n) is 18.3. The van der Waals surface area contributed by atoms with Crippen molar-refractivity contribution in [3.05, 3.63) is 82.4 Å². The van der Waals surface area contributed by atoms with Gasteiger partial charge in [-0.1, -0.05) is 25.1 Å². The van der Waals surface area contributed by atoms with Crippen molar-refractivity contribution in [1.29, 1.82) is 0 Å². The van der Waals surface area contributed by atoms with Crippen molar-refractivity contribution >= 4 is 22.1 Å². The minimum Gasteiger partial charge on any atom is -0.302 e. The molecule has 0 radical (unpaired) electrons. The second-order valence-corrected chi connectivity index (χ2v) is 8.91. The molecule has 0 aliphatic carbocycles. The van der Waals surface area contributed by atoms with E-state index in [0.29, 0.717) is 4.90 Å². The van der Waals surface area contributed by atoms with Crippen LogP contribution in [0.4, 0.5) is 0 Å². The number of hydrogen-bond donors (Lipinski definition) is 1. The van der Waals surface area contributed by atoms with E-state index in [1.807, 2.05) is 32.9 Å². The maximum absolute atomic E-state index is 11.4. The van der Waals surface area contributed by atoms with Gasteiger partial charge < -0.3 is 4.55 Å². The highest BCUT2D eigenvalue weighted by Crippen LogP contribution is 2.25. The van der Waals surface area contributed by atoms with Crippen molar-refractivity contribution < 1.29 is 8.76 Å². The Morgan fingerprint density at radius 1 is 0.968 bits per heavy atom. The molecule has 0 spiro atoms. The normalized spacial score (nSPS) is 12.4. The molecule has 2 heterocycles. The second-order valence-electron chi connectivity index (χ2n) is 7.94. The molecule has 5 nitrogen and oxygen atoms in total. The number of pyridine rings is 1. The third-order valence-electron chi connectivity index (χ3n) is 5.73. The first-order chi connectivity index (χ1) is 14.9. The van der Waals surface area contributed by atoms with Crippen LogP contribution in [-0.4, -0.2) is 23.3 Å². The molecule has 0 aliphatic rings. The highest BCUT2D eigenvalue weighted by Gasteiger charge is 2.14. The molecule has 4 aromatic rings. The van der Waals surface area contributed by atoms with Gasteiger partial charge in [0.1, 0.15) is 11.3 Å². The minimum absolute atomic E-state index is 0.454. The maximum atomic E-state index is 11.4. The van der Waals surface area contributed by atoms with Crippen LogP contribution >= 0.6 is 0 Å². The Bertz CT molecular complexity index is 1280. The average Bonchev–Trinajstić information content (AvgIpc) is 3.12. The molecule has 1 unspecified atom stereocenters. The Hall–Kier alpha value is -2.83. The van der Waals surface area contributed by atoms with Crippen molar-refractivity contribution in [2.24, 2.45) is 0 Å². The largest absolute Gasteiger partial charge is 0.302 e. The molecular weight excluding hydrogens is 406 g/mol. The van der Waals surface area contributed by atoms with Gasteiger partial charge >= 0.3 is 0 Å². The smallest absolute Gasteiger partial charge is 0.186 e. The van der Waals surface area contributed by atoms with E-state index in [2.05, 4.69) is 46.8 Å². The van der Waals surface area contributed by atoms with E-state index in [1.165, 1.54) is 5.56 Å². The standard InChI is InChI=1S/C25H27N3O2S/c1-5-24-27-25-18(4)26-17(3)14-23(25)28(24)21-11-8-19(9-12-21)7-10-20-15-22(31(29)30)13-6-16(20)2/h6,8-9,11-15H,5,7,10H2,1-4H3,(H,29,30). The number of hydrogen-bond acceptors (Lipinski definition) is 3. The number of imidazole rings is 1. The molecule has 0 fully saturated rings. The summed E-state index contributed by atoms with van der Waals surface area (Å²) in [7, 11) is 0. The van der Waals surface area contributed by atoms with Gasteiger partial charge in [0, 0.05) is 17.8 Å². The van der Waals surface area contributed by atoms with Gasteiger partial charge in [-0.2, -0.15) is 0 Å². The summed E-state index contributed by atoms with van der Waals surface area (Å²) in [5.74, 6) is 1.03. The SMILES string of the molecule is CCc1nc2c(C)nc(C)cc2n1-c1ccc(CCc2cc(S(=O)O)ccc2C)cc1. The van der Waals surface area contributed by atoms with Crippen molar-refractivity contribution in [3.63, 3.8) is 0 Å². The molecule has 160 valence electrons. The van der Waals surface area contributed by atoms with Crippen LogP contribution in [-0.2, 0) is 30.3 Å². The number of benzene rings is 2. The number of fused-ring (bicyclic) bond motifs is 1. The van der Waals surface area contributed by atoms with Crippen molar-refractivity contribution in [2.45, 2.75) is 51.9 Å². The fourth-order valence-electron chi connectivity index (χ4n) is 4.07. The van der Waals surface area contributed by atoms with Crippen molar-refractivity contribution in [3.8, 4) is 5.69 Å². The van der Waals surface area contributed by atoms with Gasteiger partial charge in [0.05, 0.1) is 16.1 Å². The third-order valence-corrected chi connectivity index (χ3v) is 6.39. The summed E-state index contributed by atoms with van der Waals surface area (Å²) in [5, 5.41) is 0. The Morgan fingerprint density at radius 3 is 2.39 bits per heavy atom. The molecule has 6 heteroatoms. The summed E-state index contributed by atoms with van der Waals surface area (Å²) >= 11 is -1.95. The first kappa shape index (κ1) is 21.4. The number of nitrogens with zero attached hydrogens (tertiary/aromatic N) is 3. The van der Waals surface area contributed by atoms with E-state index in [0.717, 1.165) is 64.3 Å². The Balaban J connectivity index is 1.61. The summed E-state index contributed by atoms with van der Waals surface area (Å²) < 4.78 is 23.0. The summed E-state index contributed by atoms with van der Waals surface area (Å²) in [6.07, 6.45) is 2.54. The fourth-order valence-corrected chi connectivity index (χ4v) is 4.50. The van der Waals surface area contributed by atoms with E-state index in [9.17, 15) is 8.76 Å². The number of rotatable bonds is 6. The zero-order chi connectivity index (χ0) is 22.1. The lowest BCUT2D eigenvalue weighted by Crippen LogP contribution is -2.01. The molecule has 0 saturated heterocycles. The summed E-state index contributed by atoms with van der Waals surface area (Å²) in [6, 6.07) is 16.2. The molecule has 0 amide bonds. The van der Waals surface area contributed by atoms with Gasteiger partial charge in [-0.3, -0.25) is 9.55 Å². The number of aryl methyl sites for hydroxylation is 6. The lowest BCUT2D eigenvalue weighted by atomic mass is 10.0. The lowest BCUT2D eigenvalue weighted by Gasteiger charge is -2.11. The van der Waals surface area contributed by atoms with Crippen LogP contribution in [0.25, 0.3) is 16.7 Å². The minimum atomic E-state index is -1.95. The van der Waals surface area contributed by atoms with E-state index in [-0.39, 0.29) is 0 Å². The quantitative estimate of drug-likeness (QED) is 0.420. The molecule has 0 bridgehead atoms. The molecule has 0 saturated carbocycles. The van der Waals surface area contributed by atoms with Crippen LogP contribution in [0.15, 0.2) is 53.4 Å². The fraction of sp³-hybridized carbons (Fsp3) is 0.280. The Kier molecular flexibility index (Phi) is 6.03. The van der Waals surface area contributed by atoms with Gasteiger partial charge in [-0.25, -0.2) is 9.19 Å². The van der Waals surface area contributed by atoms with Crippen molar-refractivity contribution in [1.82, 2.24) is 14.5 Å². The predicted molar refractivity (Wildman–Crippen MR) is 125 cm³/mol. The predicted octanol–water partition coefficient (Wildman–Crippen LogP) is 5.27. The van der Waals surface area contributed by atoms with E-state index < -0.39 is 11.1 Å². The van der Waals surface area contributed by atoms with Gasteiger partial charge in [0.15, 0.2) is 11.1 Å². The Labute approximate surface area is 185 Å². The van der Waals surface area contributed by atoms with Crippen molar-refractivity contribution in [2.75, 3.05) is 0 Å². The van der Waals surface area contributed by atoms with Gasteiger partial charge in [0.2, 0.25) is 0 Å². The average molecular weight is 434 g/mol. The molecule has 1 atom stereocenters. The van der Waals surface area contributed by atoms with Crippen LogP contribution in [0, 0.1) is 20.8 Å². The summed E-state index contributed by atoms with van der Waals surface area (Å²) in [5.41, 5.74) is 8.59. The molecule has 4 rings (SSSR count). The second kappa shape index (κ2) is 8.73. The highest BCUT2D eigenvalue weighted by atomic mass is 32.2. The summed E-state index contributed by atoms with van der Waals surface area (Å²) in [4.78, 5) is 9.85. The van der Waals surface area contributed by atoms with Crippen LogP contribution in [0.2, 0.25) is 0 Å². The summed E-state index contributed by atoms with van der Waals surface area (Å²) in [6.45, 7) is 8.19. The van der Waals surface area contributed by atoms with Crippen LogP contribution in [0.3, 0.4) is 0 Å². The first-order valence-corrected chi connectivity index (χ1v) is 11.6. The monoisotopic (exact) mass is 433 g/mol. The molecular formula is C25H27N3O2S. The van der Waals surface area contributed by atoms with Gasteiger partial charge in [0.25, 0.3) is 0 Å².